The fourth-order valence-corrected chi connectivity index (χ4v) is 5.20. The Morgan fingerprint density at radius 1 is 1.21 bits per heavy atom. The van der Waals surface area contributed by atoms with E-state index in [1.807, 2.05) is 6.07 Å². The first-order valence-corrected chi connectivity index (χ1v) is 7.55. The maximum atomic E-state index is 6.05. The Labute approximate surface area is 116 Å². The second-order valence-corrected chi connectivity index (χ2v) is 6.96. The summed E-state index contributed by atoms with van der Waals surface area (Å²) in [6.07, 6.45) is 4.35. The van der Waals surface area contributed by atoms with Gasteiger partial charge in [0.2, 0.25) is 0 Å². The number of halogens is 1. The minimum atomic E-state index is 0.664. The summed E-state index contributed by atoms with van der Waals surface area (Å²) in [7, 11) is 0. The summed E-state index contributed by atoms with van der Waals surface area (Å²) in [6, 6.07) is 3.71. The molecule has 3 fully saturated rings. The molecule has 1 aromatic heterocycles. The van der Waals surface area contributed by atoms with Crippen LogP contribution < -0.4 is 5.73 Å². The third-order valence-corrected chi connectivity index (χ3v) is 5.87. The van der Waals surface area contributed by atoms with Crippen molar-refractivity contribution in [3.63, 3.8) is 0 Å². The maximum absolute atomic E-state index is 6.05. The number of hydrogen-bond donors (Lipinski definition) is 2. The fourth-order valence-electron chi connectivity index (χ4n) is 4.98. The topological polar surface area (TPSA) is 54.7 Å². The fraction of sp³-hybridized carbons (Fsp3) is 0.533. The molecule has 4 atom stereocenters. The van der Waals surface area contributed by atoms with E-state index in [1.165, 1.54) is 19.3 Å². The number of benzene rings is 1. The molecule has 0 amide bonds. The Bertz CT molecular complexity index is 676. The van der Waals surface area contributed by atoms with Crippen LogP contribution in [0.1, 0.15) is 31.0 Å². The monoisotopic (exact) mass is 273 g/mol. The molecule has 5 rings (SSSR count). The molecule has 3 aliphatic carbocycles. The molecule has 3 nitrogen and oxygen atoms in total. The first-order chi connectivity index (χ1) is 9.22. The number of nitrogens with two attached hydrogens (primary N) is 1. The molecule has 0 aliphatic heterocycles. The van der Waals surface area contributed by atoms with Crippen molar-refractivity contribution in [1.29, 1.82) is 0 Å². The van der Waals surface area contributed by atoms with Gasteiger partial charge in [-0.2, -0.15) is 0 Å². The van der Waals surface area contributed by atoms with Crippen molar-refractivity contribution in [2.45, 2.75) is 25.2 Å². The van der Waals surface area contributed by atoms with E-state index in [0.29, 0.717) is 16.6 Å². The number of hydrogen-bond acceptors (Lipinski definition) is 2. The van der Waals surface area contributed by atoms with Crippen LogP contribution in [-0.4, -0.2) is 9.97 Å². The zero-order valence-corrected chi connectivity index (χ0v) is 11.3. The Kier molecular flexibility index (Phi) is 1.81. The number of nitrogens with one attached hydrogen (secondary N) is 1. The molecular weight excluding hydrogens is 258 g/mol. The van der Waals surface area contributed by atoms with Gasteiger partial charge in [-0.1, -0.05) is 11.6 Å². The number of imidazole rings is 1. The van der Waals surface area contributed by atoms with E-state index in [9.17, 15) is 0 Å². The third kappa shape index (κ3) is 1.27. The van der Waals surface area contributed by atoms with E-state index in [-0.39, 0.29) is 0 Å². The van der Waals surface area contributed by atoms with E-state index < -0.39 is 0 Å². The molecule has 4 heteroatoms. The molecule has 0 radical (unpaired) electrons. The number of rotatable bonds is 1. The summed E-state index contributed by atoms with van der Waals surface area (Å²) in [4.78, 5) is 8.22. The zero-order chi connectivity index (χ0) is 12.7. The van der Waals surface area contributed by atoms with E-state index >= 15 is 0 Å². The number of nitrogen functional groups attached to an aromatic ring is 1. The molecule has 19 heavy (non-hydrogen) atoms. The van der Waals surface area contributed by atoms with Crippen LogP contribution in [0.4, 0.5) is 5.69 Å². The van der Waals surface area contributed by atoms with Gasteiger partial charge in [0.15, 0.2) is 0 Å². The molecule has 3 N–H and O–H groups in total. The largest absolute Gasteiger partial charge is 0.397 e. The second-order valence-electron chi connectivity index (χ2n) is 6.53. The summed E-state index contributed by atoms with van der Waals surface area (Å²) < 4.78 is 0. The third-order valence-electron chi connectivity index (χ3n) is 5.65. The van der Waals surface area contributed by atoms with Crippen LogP contribution in [0, 0.1) is 23.7 Å². The normalized spacial score (nSPS) is 38.9. The lowest BCUT2D eigenvalue weighted by molar-refractivity contribution is 0.456. The highest BCUT2D eigenvalue weighted by Crippen LogP contribution is 2.72. The van der Waals surface area contributed by atoms with E-state index in [1.54, 1.807) is 6.07 Å². The number of aromatic amines is 1. The highest BCUT2D eigenvalue weighted by Gasteiger charge is 2.66. The lowest BCUT2D eigenvalue weighted by Crippen LogP contribution is -1.98. The van der Waals surface area contributed by atoms with Crippen LogP contribution in [0.3, 0.4) is 0 Å². The van der Waals surface area contributed by atoms with Crippen LogP contribution >= 0.6 is 11.6 Å². The Hall–Kier alpha value is -1.22. The minimum absolute atomic E-state index is 0.664. The second kappa shape index (κ2) is 3.26. The van der Waals surface area contributed by atoms with E-state index in [4.69, 9.17) is 22.3 Å². The standard InChI is InChI=1S/C15H16ClN3/c16-8-4-9(17)14-10(5-8)18-15(19-14)13-11-6-1-2-7(3-6)12(11)13/h4-7,11-13H,1-3,17H2,(H,18,19). The molecule has 4 unspecified atom stereocenters. The molecule has 1 heterocycles. The van der Waals surface area contributed by atoms with Crippen LogP contribution in [0.15, 0.2) is 12.1 Å². The van der Waals surface area contributed by atoms with Crippen molar-refractivity contribution in [3.8, 4) is 0 Å². The van der Waals surface area contributed by atoms with Gasteiger partial charge < -0.3 is 10.7 Å². The molecule has 2 bridgehead atoms. The first kappa shape index (κ1) is 10.6. The van der Waals surface area contributed by atoms with Crippen molar-refractivity contribution in [2.24, 2.45) is 23.7 Å². The number of fused-ring (bicyclic) bond motifs is 6. The molecule has 1 aromatic carbocycles. The van der Waals surface area contributed by atoms with E-state index in [0.717, 1.165) is 40.5 Å². The van der Waals surface area contributed by atoms with Gasteiger partial charge in [-0.05, 0) is 55.1 Å². The van der Waals surface area contributed by atoms with Crippen LogP contribution in [0.2, 0.25) is 5.02 Å². The molecular formula is C15H16ClN3. The molecule has 3 aliphatic rings. The smallest absolute Gasteiger partial charge is 0.112 e. The van der Waals surface area contributed by atoms with Gasteiger partial charge >= 0.3 is 0 Å². The first-order valence-electron chi connectivity index (χ1n) is 7.17. The predicted octanol–water partition coefficient (Wildman–Crippen LogP) is 3.56. The predicted molar refractivity (Wildman–Crippen MR) is 76.1 cm³/mol. The van der Waals surface area contributed by atoms with Crippen molar-refractivity contribution in [2.75, 3.05) is 5.73 Å². The summed E-state index contributed by atoms with van der Waals surface area (Å²) in [5.74, 6) is 5.54. The van der Waals surface area contributed by atoms with Crippen LogP contribution in [0.5, 0.6) is 0 Å². The van der Waals surface area contributed by atoms with Gasteiger partial charge in [0.25, 0.3) is 0 Å². The summed E-state index contributed by atoms with van der Waals surface area (Å²) in [5.41, 5.74) is 8.56. The zero-order valence-electron chi connectivity index (χ0n) is 10.6. The lowest BCUT2D eigenvalue weighted by atomic mass is 10.0. The van der Waals surface area contributed by atoms with Gasteiger partial charge in [-0.15, -0.1) is 0 Å². The highest BCUT2D eigenvalue weighted by molar-refractivity contribution is 6.31. The quantitative estimate of drug-likeness (QED) is 0.781. The maximum Gasteiger partial charge on any atom is 0.112 e. The summed E-state index contributed by atoms with van der Waals surface area (Å²) in [5, 5.41) is 0.677. The van der Waals surface area contributed by atoms with Gasteiger partial charge in [0.05, 0.1) is 11.2 Å². The van der Waals surface area contributed by atoms with Crippen molar-refractivity contribution < 1.29 is 0 Å². The van der Waals surface area contributed by atoms with Crippen molar-refractivity contribution in [1.82, 2.24) is 9.97 Å². The number of anilines is 1. The van der Waals surface area contributed by atoms with Crippen molar-refractivity contribution >= 4 is 28.3 Å². The average Bonchev–Trinajstić information content (AvgIpc) is 2.76. The summed E-state index contributed by atoms with van der Waals surface area (Å²) in [6.45, 7) is 0. The molecule has 3 saturated carbocycles. The highest BCUT2D eigenvalue weighted by atomic mass is 35.5. The van der Waals surface area contributed by atoms with Gasteiger partial charge in [0.1, 0.15) is 11.3 Å². The molecule has 0 saturated heterocycles. The van der Waals surface area contributed by atoms with Crippen LogP contribution in [-0.2, 0) is 0 Å². The molecule has 98 valence electrons. The number of nitrogens with zero attached hydrogens (tertiary/aromatic N) is 1. The Balaban J connectivity index is 1.59. The Morgan fingerprint density at radius 3 is 2.68 bits per heavy atom. The summed E-state index contributed by atoms with van der Waals surface area (Å²) >= 11 is 6.05. The SMILES string of the molecule is Nc1cc(Cl)cc2[nH]c(C3C4C5CCC(C5)C34)nc12. The molecule has 2 aromatic rings. The lowest BCUT2D eigenvalue weighted by Gasteiger charge is -2.05. The van der Waals surface area contributed by atoms with Crippen molar-refractivity contribution in [3.05, 3.63) is 23.0 Å². The minimum Gasteiger partial charge on any atom is -0.397 e. The molecule has 0 spiro atoms. The van der Waals surface area contributed by atoms with Gasteiger partial charge in [0, 0.05) is 10.9 Å². The van der Waals surface area contributed by atoms with Crippen LogP contribution in [0.25, 0.3) is 11.0 Å². The average molecular weight is 274 g/mol. The van der Waals surface area contributed by atoms with Gasteiger partial charge in [-0.3, -0.25) is 0 Å². The van der Waals surface area contributed by atoms with E-state index in [2.05, 4.69) is 4.98 Å². The number of aromatic nitrogens is 2. The number of H-pyrrole nitrogens is 1. The van der Waals surface area contributed by atoms with Gasteiger partial charge in [-0.25, -0.2) is 4.98 Å². The Morgan fingerprint density at radius 2 is 1.95 bits per heavy atom.